The zero-order chi connectivity index (χ0) is 19.9. The third kappa shape index (κ3) is 3.25. The van der Waals surface area contributed by atoms with Crippen molar-refractivity contribution in [3.63, 3.8) is 0 Å². The molecule has 0 aliphatic heterocycles. The van der Waals surface area contributed by atoms with Gasteiger partial charge in [-0.1, -0.05) is 26.8 Å². The topological polar surface area (TPSA) is 50.4 Å². The molecule has 0 aromatic carbocycles. The molecule has 4 heteroatoms. The number of carbonyl (C=O) groups is 1. The average Bonchev–Trinajstić information content (AvgIpc) is 2.97. The van der Waals surface area contributed by atoms with E-state index in [1.807, 2.05) is 7.05 Å². The van der Waals surface area contributed by atoms with Crippen LogP contribution in [0.15, 0.2) is 11.8 Å². The molecular formula is C24H40N2O2. The molecule has 2 unspecified atom stereocenters. The fourth-order valence-electron chi connectivity index (χ4n) is 7.54. The third-order valence-corrected chi connectivity index (χ3v) is 9.23. The minimum Gasteiger partial charge on any atom is -0.320 e. The molecular weight excluding hydrogens is 348 g/mol. The SMILES string of the molecule is CNCCCONC1=CC2CC(C)[C@@H]3[C@@H](CC[C@]4(C)C(=O)CC[C@@H]34)[C@@]2(C)CC1. The Labute approximate surface area is 171 Å². The molecule has 28 heavy (non-hydrogen) atoms. The van der Waals surface area contributed by atoms with Gasteiger partial charge in [0.15, 0.2) is 0 Å². The Bertz CT molecular complexity index is 632. The molecule has 4 aliphatic rings. The number of hydrogen-bond acceptors (Lipinski definition) is 4. The summed E-state index contributed by atoms with van der Waals surface area (Å²) in [5.74, 6) is 4.06. The van der Waals surface area contributed by atoms with E-state index in [0.717, 1.165) is 57.1 Å². The predicted molar refractivity (Wildman–Crippen MR) is 112 cm³/mol. The lowest BCUT2D eigenvalue weighted by atomic mass is 9.44. The van der Waals surface area contributed by atoms with Gasteiger partial charge >= 0.3 is 0 Å². The summed E-state index contributed by atoms with van der Waals surface area (Å²) in [5, 5.41) is 3.16. The second-order valence-corrected chi connectivity index (χ2v) is 10.6. The summed E-state index contributed by atoms with van der Waals surface area (Å²) >= 11 is 0. The average molecular weight is 389 g/mol. The van der Waals surface area contributed by atoms with Crippen molar-refractivity contribution in [3.05, 3.63) is 11.8 Å². The highest BCUT2D eigenvalue weighted by molar-refractivity contribution is 5.87. The standard InChI is InChI=1S/C24H40N2O2/c1-16-14-17-15-18(26-28-13-5-12-25-4)8-10-23(17,2)20-9-11-24(3)19(22(16)20)6-7-21(24)27/h15-17,19-20,22,25-26H,5-14H2,1-4H3/t16?,17?,19-,20+,22-,23-,24-/m0/s1. The van der Waals surface area contributed by atoms with Crippen molar-refractivity contribution in [1.82, 2.24) is 10.8 Å². The highest BCUT2D eigenvalue weighted by atomic mass is 16.6. The fraction of sp³-hybridized carbons (Fsp3) is 0.875. The van der Waals surface area contributed by atoms with Crippen LogP contribution in [0.1, 0.15) is 72.1 Å². The Hall–Kier alpha value is -0.870. The van der Waals surface area contributed by atoms with Crippen LogP contribution in [-0.4, -0.2) is 26.0 Å². The Morgan fingerprint density at radius 3 is 2.79 bits per heavy atom. The van der Waals surface area contributed by atoms with E-state index in [2.05, 4.69) is 37.6 Å². The summed E-state index contributed by atoms with van der Waals surface area (Å²) in [7, 11) is 1.98. The maximum atomic E-state index is 12.6. The molecule has 3 fully saturated rings. The zero-order valence-electron chi connectivity index (χ0n) is 18.4. The van der Waals surface area contributed by atoms with E-state index in [0.29, 0.717) is 29.0 Å². The summed E-state index contributed by atoms with van der Waals surface area (Å²) in [5.41, 5.74) is 4.91. The number of hydrogen-bond donors (Lipinski definition) is 2. The van der Waals surface area contributed by atoms with E-state index < -0.39 is 0 Å². The maximum Gasteiger partial charge on any atom is 0.139 e. The molecule has 3 saturated carbocycles. The smallest absolute Gasteiger partial charge is 0.139 e. The summed E-state index contributed by atoms with van der Waals surface area (Å²) in [4.78, 5) is 18.4. The van der Waals surface area contributed by atoms with E-state index in [1.165, 1.54) is 25.0 Å². The van der Waals surface area contributed by atoms with Crippen LogP contribution < -0.4 is 10.8 Å². The largest absolute Gasteiger partial charge is 0.320 e. The molecule has 158 valence electrons. The van der Waals surface area contributed by atoms with Crippen molar-refractivity contribution < 1.29 is 9.63 Å². The van der Waals surface area contributed by atoms with Crippen molar-refractivity contribution in [3.8, 4) is 0 Å². The summed E-state index contributed by atoms with van der Waals surface area (Å²) in [6, 6.07) is 0. The molecule has 4 nitrogen and oxygen atoms in total. The van der Waals surface area contributed by atoms with Gasteiger partial charge in [-0.25, -0.2) is 0 Å². The van der Waals surface area contributed by atoms with Crippen LogP contribution >= 0.6 is 0 Å². The number of carbonyl (C=O) groups excluding carboxylic acids is 1. The highest BCUT2D eigenvalue weighted by Crippen LogP contribution is 2.66. The first kappa shape index (κ1) is 20.4. The highest BCUT2D eigenvalue weighted by Gasteiger charge is 2.61. The number of fused-ring (bicyclic) bond motifs is 5. The monoisotopic (exact) mass is 388 g/mol. The van der Waals surface area contributed by atoms with Gasteiger partial charge in [-0.05, 0) is 93.5 Å². The summed E-state index contributed by atoms with van der Waals surface area (Å²) < 4.78 is 0. The van der Waals surface area contributed by atoms with Crippen molar-refractivity contribution in [2.75, 3.05) is 20.2 Å². The lowest BCUT2D eigenvalue weighted by Crippen LogP contribution is -2.55. The Kier molecular flexibility index (Phi) is 5.65. The second-order valence-electron chi connectivity index (χ2n) is 10.6. The van der Waals surface area contributed by atoms with Gasteiger partial charge in [0, 0.05) is 17.5 Å². The quantitative estimate of drug-likeness (QED) is 0.521. The molecule has 2 N–H and O–H groups in total. The van der Waals surface area contributed by atoms with Gasteiger partial charge in [-0.2, -0.15) is 0 Å². The first-order valence-corrected chi connectivity index (χ1v) is 11.7. The van der Waals surface area contributed by atoms with Crippen LogP contribution in [0.4, 0.5) is 0 Å². The maximum absolute atomic E-state index is 12.6. The van der Waals surface area contributed by atoms with Crippen molar-refractivity contribution in [2.24, 2.45) is 40.4 Å². The van der Waals surface area contributed by atoms with Crippen molar-refractivity contribution >= 4 is 5.78 Å². The summed E-state index contributed by atoms with van der Waals surface area (Å²) in [6.45, 7) is 9.05. The fourth-order valence-corrected chi connectivity index (χ4v) is 7.54. The lowest BCUT2D eigenvalue weighted by molar-refractivity contribution is -0.140. The minimum atomic E-state index is -0.0168. The van der Waals surface area contributed by atoms with Crippen LogP contribution in [0.2, 0.25) is 0 Å². The van der Waals surface area contributed by atoms with Gasteiger partial charge < -0.3 is 5.32 Å². The Balaban J connectivity index is 1.47. The Morgan fingerprint density at radius 1 is 1.18 bits per heavy atom. The zero-order valence-corrected chi connectivity index (χ0v) is 18.4. The van der Waals surface area contributed by atoms with Crippen LogP contribution in [0.5, 0.6) is 0 Å². The molecule has 0 bridgehead atoms. The summed E-state index contributed by atoms with van der Waals surface area (Å²) in [6.07, 6.45) is 11.5. The molecule has 0 aromatic rings. The van der Waals surface area contributed by atoms with Crippen LogP contribution in [0.3, 0.4) is 0 Å². The molecule has 0 heterocycles. The molecule has 0 radical (unpaired) electrons. The first-order chi connectivity index (χ1) is 13.4. The van der Waals surface area contributed by atoms with Gasteiger partial charge in [-0.3, -0.25) is 15.1 Å². The van der Waals surface area contributed by atoms with Crippen LogP contribution in [0, 0.1) is 40.4 Å². The van der Waals surface area contributed by atoms with Crippen LogP contribution in [0.25, 0.3) is 0 Å². The minimum absolute atomic E-state index is 0.0168. The van der Waals surface area contributed by atoms with Gasteiger partial charge in [-0.15, -0.1) is 0 Å². The van der Waals surface area contributed by atoms with E-state index in [9.17, 15) is 4.79 Å². The van der Waals surface area contributed by atoms with E-state index in [-0.39, 0.29) is 5.41 Å². The van der Waals surface area contributed by atoms with E-state index >= 15 is 0 Å². The number of allylic oxidation sites excluding steroid dienone is 2. The number of hydroxylamine groups is 1. The molecule has 0 saturated heterocycles. The molecule has 4 aliphatic carbocycles. The number of Topliss-reactive ketones (excluding diaryl/α,β-unsaturated/α-hetero) is 1. The third-order valence-electron chi connectivity index (χ3n) is 9.23. The predicted octanol–water partition coefficient (Wildman–Crippen LogP) is 4.47. The van der Waals surface area contributed by atoms with Gasteiger partial charge in [0.25, 0.3) is 0 Å². The molecule has 0 spiro atoms. The molecule has 4 rings (SSSR count). The molecule has 0 aromatic heterocycles. The number of ketones is 1. The molecule has 7 atom stereocenters. The van der Waals surface area contributed by atoms with E-state index in [1.54, 1.807) is 0 Å². The van der Waals surface area contributed by atoms with Gasteiger partial charge in [0.05, 0.1) is 6.61 Å². The Morgan fingerprint density at radius 2 is 2.00 bits per heavy atom. The molecule has 0 amide bonds. The normalized spacial score (nSPS) is 45.1. The van der Waals surface area contributed by atoms with Crippen molar-refractivity contribution in [1.29, 1.82) is 0 Å². The van der Waals surface area contributed by atoms with Crippen molar-refractivity contribution in [2.45, 2.75) is 72.1 Å². The number of nitrogens with one attached hydrogen (secondary N) is 2. The van der Waals surface area contributed by atoms with Crippen LogP contribution in [-0.2, 0) is 9.63 Å². The second kappa shape index (κ2) is 7.75. The van der Waals surface area contributed by atoms with Gasteiger partial charge in [0.2, 0.25) is 0 Å². The lowest BCUT2D eigenvalue weighted by Gasteiger charge is -2.61. The number of rotatable bonds is 6. The first-order valence-electron chi connectivity index (χ1n) is 11.7. The van der Waals surface area contributed by atoms with Gasteiger partial charge in [0.1, 0.15) is 5.78 Å². The van der Waals surface area contributed by atoms with E-state index in [4.69, 9.17) is 4.84 Å².